The van der Waals surface area contributed by atoms with Crippen molar-refractivity contribution in [3.8, 4) is 5.82 Å². The van der Waals surface area contributed by atoms with Gasteiger partial charge in [0.2, 0.25) is 5.76 Å². The Balaban J connectivity index is 1.78. The third kappa shape index (κ3) is 3.10. The first-order valence-corrected chi connectivity index (χ1v) is 7.81. The smallest absolute Gasteiger partial charge is 0.290 e. The molecule has 0 aromatic carbocycles. The van der Waals surface area contributed by atoms with Gasteiger partial charge in [-0.15, -0.1) is 0 Å². The molecule has 1 N–H and O–H groups in total. The predicted octanol–water partition coefficient (Wildman–Crippen LogP) is 2.03. The van der Waals surface area contributed by atoms with Crippen LogP contribution in [-0.2, 0) is 14.3 Å². The van der Waals surface area contributed by atoms with E-state index in [9.17, 15) is 4.79 Å². The zero-order valence-electron chi connectivity index (χ0n) is 13.9. The molecular formula is C17H20N4O3. The van der Waals surface area contributed by atoms with Crippen molar-refractivity contribution in [2.75, 3.05) is 13.2 Å². The van der Waals surface area contributed by atoms with Crippen molar-refractivity contribution in [3.63, 3.8) is 0 Å². The van der Waals surface area contributed by atoms with Crippen molar-refractivity contribution < 1.29 is 14.3 Å². The molecule has 0 bridgehead atoms. The highest BCUT2D eigenvalue weighted by Gasteiger charge is 2.23. The Labute approximate surface area is 140 Å². The van der Waals surface area contributed by atoms with Gasteiger partial charge in [-0.2, -0.15) is 5.10 Å². The van der Waals surface area contributed by atoms with Gasteiger partial charge in [-0.05, 0) is 32.9 Å². The molecule has 0 spiro atoms. The summed E-state index contributed by atoms with van der Waals surface area (Å²) in [6.45, 7) is 6.43. The molecule has 1 atom stereocenters. The van der Waals surface area contributed by atoms with Gasteiger partial charge in [0.15, 0.2) is 5.82 Å². The average molecular weight is 328 g/mol. The summed E-state index contributed by atoms with van der Waals surface area (Å²) in [6.07, 6.45) is 3.46. The van der Waals surface area contributed by atoms with E-state index in [1.807, 2.05) is 32.0 Å². The van der Waals surface area contributed by atoms with Crippen molar-refractivity contribution in [2.45, 2.75) is 26.8 Å². The number of hydrogen-bond donors (Lipinski definition) is 1. The van der Waals surface area contributed by atoms with E-state index in [-0.39, 0.29) is 17.7 Å². The summed E-state index contributed by atoms with van der Waals surface area (Å²) >= 11 is 0. The van der Waals surface area contributed by atoms with Crippen LogP contribution in [0.1, 0.15) is 31.1 Å². The van der Waals surface area contributed by atoms with Gasteiger partial charge in [-0.1, -0.05) is 6.07 Å². The average Bonchev–Trinajstić information content (AvgIpc) is 2.97. The number of allylic oxidation sites excluding steroid dienone is 1. The number of pyridine rings is 1. The van der Waals surface area contributed by atoms with Gasteiger partial charge in [0.1, 0.15) is 19.0 Å². The fourth-order valence-corrected chi connectivity index (χ4v) is 2.63. The lowest BCUT2D eigenvalue weighted by Gasteiger charge is -2.21. The third-order valence-electron chi connectivity index (χ3n) is 3.90. The summed E-state index contributed by atoms with van der Waals surface area (Å²) < 4.78 is 12.5. The number of aromatic nitrogens is 3. The summed E-state index contributed by atoms with van der Waals surface area (Å²) in [5, 5.41) is 7.30. The number of hydrogen-bond acceptors (Lipinski definition) is 5. The van der Waals surface area contributed by atoms with Crippen LogP contribution < -0.4 is 5.32 Å². The Kier molecular flexibility index (Phi) is 4.50. The van der Waals surface area contributed by atoms with Gasteiger partial charge < -0.3 is 14.8 Å². The molecule has 24 heavy (non-hydrogen) atoms. The van der Waals surface area contributed by atoms with E-state index in [4.69, 9.17) is 9.47 Å². The van der Waals surface area contributed by atoms with Gasteiger partial charge in [0.25, 0.3) is 5.91 Å². The van der Waals surface area contributed by atoms with Crippen molar-refractivity contribution in [3.05, 3.63) is 53.4 Å². The number of rotatable bonds is 4. The molecule has 7 nitrogen and oxygen atoms in total. The van der Waals surface area contributed by atoms with Gasteiger partial charge in [-0.3, -0.25) is 4.79 Å². The van der Waals surface area contributed by atoms with E-state index < -0.39 is 0 Å². The molecule has 0 fully saturated rings. The maximum atomic E-state index is 12.4. The molecule has 0 radical (unpaired) electrons. The molecule has 0 aliphatic carbocycles. The van der Waals surface area contributed by atoms with Crippen molar-refractivity contribution in [2.24, 2.45) is 0 Å². The Morgan fingerprint density at radius 2 is 2.08 bits per heavy atom. The molecule has 2 aromatic rings. The summed E-state index contributed by atoms with van der Waals surface area (Å²) in [4.78, 5) is 16.7. The number of ether oxygens (including phenoxy) is 2. The van der Waals surface area contributed by atoms with Crippen LogP contribution in [0.4, 0.5) is 0 Å². The summed E-state index contributed by atoms with van der Waals surface area (Å²) in [6, 6.07) is 5.42. The second-order valence-electron chi connectivity index (χ2n) is 5.56. The number of carbonyl (C=O) groups excluding carboxylic acids is 1. The van der Waals surface area contributed by atoms with E-state index in [2.05, 4.69) is 15.4 Å². The fraction of sp³-hybridized carbons (Fsp3) is 0.353. The largest absolute Gasteiger partial charge is 0.491 e. The van der Waals surface area contributed by atoms with Crippen LogP contribution in [-0.4, -0.2) is 33.9 Å². The van der Waals surface area contributed by atoms with Crippen molar-refractivity contribution >= 4 is 5.91 Å². The van der Waals surface area contributed by atoms with Crippen molar-refractivity contribution in [1.29, 1.82) is 0 Å². The third-order valence-corrected chi connectivity index (χ3v) is 3.90. The first-order valence-electron chi connectivity index (χ1n) is 7.81. The normalized spacial score (nSPS) is 15.5. The number of nitrogens with one attached hydrogen (secondary N) is 1. The van der Waals surface area contributed by atoms with Crippen LogP contribution in [0, 0.1) is 6.92 Å². The molecule has 3 rings (SSSR count). The Hall–Kier alpha value is -2.83. The quantitative estimate of drug-likeness (QED) is 0.929. The zero-order chi connectivity index (χ0) is 17.1. The number of nitrogens with zero attached hydrogens (tertiary/aromatic N) is 3. The standard InChI is InChI=1S/C17H20N4O3/c1-11(20-17(22)16-13(3)23-8-9-24-16)14-10-19-21(12(14)2)15-6-4-5-7-18-15/h4-7,10-11H,8-9H2,1-3H3,(H,20,22). The van der Waals surface area contributed by atoms with E-state index in [0.717, 1.165) is 17.1 Å². The van der Waals surface area contributed by atoms with Crippen LogP contribution in [0.3, 0.4) is 0 Å². The Bertz CT molecular complexity index is 767. The SMILES string of the molecule is CC1=C(C(=O)NC(C)c2cnn(-c3ccccn3)c2C)OCCO1. The fourth-order valence-electron chi connectivity index (χ4n) is 2.63. The first kappa shape index (κ1) is 16.0. The molecule has 3 heterocycles. The monoisotopic (exact) mass is 328 g/mol. The topological polar surface area (TPSA) is 78.3 Å². The lowest BCUT2D eigenvalue weighted by molar-refractivity contribution is -0.123. The molecule has 1 amide bonds. The Morgan fingerprint density at radius 3 is 2.79 bits per heavy atom. The Morgan fingerprint density at radius 1 is 1.29 bits per heavy atom. The van der Waals surface area contributed by atoms with E-state index in [0.29, 0.717) is 19.0 Å². The highest BCUT2D eigenvalue weighted by atomic mass is 16.6. The first-order chi connectivity index (χ1) is 11.6. The van der Waals surface area contributed by atoms with Crippen LogP contribution >= 0.6 is 0 Å². The second kappa shape index (κ2) is 6.74. The molecular weight excluding hydrogens is 308 g/mol. The van der Waals surface area contributed by atoms with E-state index in [1.165, 1.54) is 0 Å². The zero-order valence-corrected chi connectivity index (χ0v) is 13.9. The van der Waals surface area contributed by atoms with Crippen molar-refractivity contribution in [1.82, 2.24) is 20.1 Å². The van der Waals surface area contributed by atoms with Crippen LogP contribution in [0.5, 0.6) is 0 Å². The highest BCUT2D eigenvalue weighted by Crippen LogP contribution is 2.21. The summed E-state index contributed by atoms with van der Waals surface area (Å²) in [5.74, 6) is 1.20. The molecule has 0 saturated carbocycles. The summed E-state index contributed by atoms with van der Waals surface area (Å²) in [5.41, 5.74) is 1.84. The maximum absolute atomic E-state index is 12.4. The molecule has 2 aromatic heterocycles. The molecule has 1 unspecified atom stereocenters. The van der Waals surface area contributed by atoms with E-state index in [1.54, 1.807) is 24.0 Å². The maximum Gasteiger partial charge on any atom is 0.290 e. The minimum atomic E-state index is -0.287. The van der Waals surface area contributed by atoms with Crippen LogP contribution in [0.2, 0.25) is 0 Å². The lowest BCUT2D eigenvalue weighted by atomic mass is 10.1. The molecule has 126 valence electrons. The number of carbonyl (C=O) groups is 1. The van der Waals surface area contributed by atoms with Gasteiger partial charge in [0, 0.05) is 17.5 Å². The van der Waals surface area contributed by atoms with E-state index >= 15 is 0 Å². The van der Waals surface area contributed by atoms with Gasteiger partial charge >= 0.3 is 0 Å². The van der Waals surface area contributed by atoms with Gasteiger partial charge in [0.05, 0.1) is 12.2 Å². The molecule has 1 aliphatic rings. The second-order valence-corrected chi connectivity index (χ2v) is 5.56. The predicted molar refractivity (Wildman–Crippen MR) is 87.3 cm³/mol. The minimum Gasteiger partial charge on any atom is -0.491 e. The van der Waals surface area contributed by atoms with Crippen LogP contribution in [0.25, 0.3) is 5.82 Å². The number of amides is 1. The molecule has 0 saturated heterocycles. The lowest BCUT2D eigenvalue weighted by Crippen LogP contribution is -2.32. The molecule has 7 heteroatoms. The highest BCUT2D eigenvalue weighted by molar-refractivity contribution is 5.92. The van der Waals surface area contributed by atoms with Crippen LogP contribution in [0.15, 0.2) is 42.1 Å². The molecule has 1 aliphatic heterocycles. The van der Waals surface area contributed by atoms with Gasteiger partial charge in [-0.25, -0.2) is 9.67 Å². The minimum absolute atomic E-state index is 0.221. The summed E-state index contributed by atoms with van der Waals surface area (Å²) in [7, 11) is 0.